The zero-order chi connectivity index (χ0) is 23.8. The fourth-order valence-electron chi connectivity index (χ4n) is 3.89. The minimum atomic E-state index is -0.699. The van der Waals surface area contributed by atoms with Crippen LogP contribution in [0.3, 0.4) is 0 Å². The molecule has 1 amide bonds. The van der Waals surface area contributed by atoms with Gasteiger partial charge in [0.25, 0.3) is 5.91 Å². The summed E-state index contributed by atoms with van der Waals surface area (Å²) in [5.41, 5.74) is 8.73. The smallest absolute Gasteiger partial charge is 0.256 e. The summed E-state index contributed by atoms with van der Waals surface area (Å²) in [6.07, 6.45) is 0. The first-order valence-electron chi connectivity index (χ1n) is 10.3. The SMILES string of the molecule is CC1=C(C(=O)Nc2ccccc2)[C@H](c2ccc(-c3ccc(Cl)cc3)o2)N2C(=N1)SC(C#N)=C2N. The zero-order valence-electron chi connectivity index (χ0n) is 17.9. The number of nitrogens with one attached hydrogen (secondary N) is 1. The van der Waals surface area contributed by atoms with Crippen molar-refractivity contribution in [3.05, 3.63) is 99.5 Å². The Labute approximate surface area is 205 Å². The first-order chi connectivity index (χ1) is 16.5. The molecule has 1 aromatic heterocycles. The molecule has 1 atom stereocenters. The topological polar surface area (TPSA) is 108 Å². The number of carbonyl (C=O) groups is 1. The third-order valence-corrected chi connectivity index (χ3v) is 6.71. The van der Waals surface area contributed by atoms with Crippen molar-refractivity contribution in [1.82, 2.24) is 4.90 Å². The maximum Gasteiger partial charge on any atom is 0.256 e. The van der Waals surface area contributed by atoms with Crippen LogP contribution in [0.15, 0.2) is 98.1 Å². The lowest BCUT2D eigenvalue weighted by molar-refractivity contribution is -0.113. The Bertz CT molecular complexity index is 1420. The number of nitrogens with two attached hydrogens (primary N) is 1. The number of rotatable bonds is 4. The molecule has 7 nitrogen and oxygen atoms in total. The molecule has 0 fully saturated rings. The Balaban J connectivity index is 1.59. The fraction of sp³-hybridized carbons (Fsp3) is 0.0800. The molecule has 0 saturated carbocycles. The molecule has 3 heterocycles. The van der Waals surface area contributed by atoms with Crippen LogP contribution < -0.4 is 11.1 Å². The van der Waals surface area contributed by atoms with Crippen molar-refractivity contribution < 1.29 is 9.21 Å². The lowest BCUT2D eigenvalue weighted by Crippen LogP contribution is -2.39. The summed E-state index contributed by atoms with van der Waals surface area (Å²) < 4.78 is 6.23. The Morgan fingerprint density at radius 2 is 1.91 bits per heavy atom. The largest absolute Gasteiger partial charge is 0.458 e. The number of aliphatic imine (C=N–C) groups is 1. The van der Waals surface area contributed by atoms with Crippen LogP contribution in [0.4, 0.5) is 5.69 Å². The summed E-state index contributed by atoms with van der Waals surface area (Å²) in [5.74, 6) is 1.02. The van der Waals surface area contributed by atoms with Crippen molar-refractivity contribution in [2.75, 3.05) is 5.32 Å². The molecule has 0 bridgehead atoms. The van der Waals surface area contributed by atoms with E-state index in [0.29, 0.717) is 43.6 Å². The van der Waals surface area contributed by atoms with Gasteiger partial charge in [-0.1, -0.05) is 29.8 Å². The Kier molecular flexibility index (Phi) is 5.65. The highest BCUT2D eigenvalue weighted by Gasteiger charge is 2.43. The van der Waals surface area contributed by atoms with Crippen molar-refractivity contribution in [2.24, 2.45) is 10.7 Å². The predicted octanol–water partition coefficient (Wildman–Crippen LogP) is 5.62. The number of benzene rings is 2. The van der Waals surface area contributed by atoms with E-state index in [1.54, 1.807) is 36.1 Å². The van der Waals surface area contributed by atoms with Crippen molar-refractivity contribution in [2.45, 2.75) is 13.0 Å². The highest BCUT2D eigenvalue weighted by molar-refractivity contribution is 8.17. The number of furan rings is 1. The van der Waals surface area contributed by atoms with Crippen LogP contribution in [-0.2, 0) is 4.79 Å². The fourth-order valence-corrected chi connectivity index (χ4v) is 4.93. The van der Waals surface area contributed by atoms with E-state index in [9.17, 15) is 10.1 Å². The van der Waals surface area contributed by atoms with Gasteiger partial charge >= 0.3 is 0 Å². The van der Waals surface area contributed by atoms with Gasteiger partial charge in [-0.2, -0.15) is 5.26 Å². The third kappa shape index (κ3) is 3.85. The molecular formula is C25H18ClN5O2S. The summed E-state index contributed by atoms with van der Waals surface area (Å²) in [7, 11) is 0. The lowest BCUT2D eigenvalue weighted by Gasteiger charge is -2.33. The van der Waals surface area contributed by atoms with E-state index in [-0.39, 0.29) is 11.7 Å². The molecule has 168 valence electrons. The summed E-state index contributed by atoms with van der Waals surface area (Å²) in [6.45, 7) is 1.77. The molecule has 0 aliphatic carbocycles. The summed E-state index contributed by atoms with van der Waals surface area (Å²) in [6, 6.07) is 21.5. The average Bonchev–Trinajstić information content (AvgIpc) is 3.44. The van der Waals surface area contributed by atoms with Gasteiger partial charge in [-0.3, -0.25) is 9.69 Å². The van der Waals surface area contributed by atoms with Gasteiger partial charge in [-0.05, 0) is 67.2 Å². The Hall–Kier alpha value is -3.93. The Morgan fingerprint density at radius 3 is 2.62 bits per heavy atom. The number of fused-ring (bicyclic) bond motifs is 1. The van der Waals surface area contributed by atoms with E-state index >= 15 is 0 Å². The number of hydrogen-bond acceptors (Lipinski definition) is 7. The first kappa shape index (κ1) is 21.9. The van der Waals surface area contributed by atoms with Crippen molar-refractivity contribution >= 4 is 40.1 Å². The van der Waals surface area contributed by atoms with Gasteiger partial charge in [0.1, 0.15) is 34.4 Å². The number of nitriles is 1. The molecule has 5 rings (SSSR count). The number of thioether (sulfide) groups is 1. The number of hydrogen-bond donors (Lipinski definition) is 2. The molecule has 0 saturated heterocycles. The third-order valence-electron chi connectivity index (χ3n) is 5.48. The summed E-state index contributed by atoms with van der Waals surface area (Å²) in [5, 5.41) is 13.6. The molecular weight excluding hydrogens is 470 g/mol. The molecule has 2 aliphatic heterocycles. The normalized spacial score (nSPS) is 17.4. The van der Waals surface area contributed by atoms with E-state index in [4.69, 9.17) is 21.8 Å². The van der Waals surface area contributed by atoms with Crippen molar-refractivity contribution in [1.29, 1.82) is 5.26 Å². The average molecular weight is 488 g/mol. The number of amides is 1. The van der Waals surface area contributed by atoms with Crippen LogP contribution in [0.1, 0.15) is 18.7 Å². The van der Waals surface area contributed by atoms with Crippen molar-refractivity contribution in [3.8, 4) is 17.4 Å². The number of nitrogens with zero attached hydrogens (tertiary/aromatic N) is 3. The number of para-hydroxylation sites is 1. The summed E-state index contributed by atoms with van der Waals surface area (Å²) in [4.78, 5) is 20.1. The minimum absolute atomic E-state index is 0.234. The van der Waals surface area contributed by atoms with Gasteiger partial charge in [-0.15, -0.1) is 0 Å². The Morgan fingerprint density at radius 1 is 1.18 bits per heavy atom. The second-order valence-corrected chi connectivity index (χ2v) is 9.04. The second kappa shape index (κ2) is 8.78. The number of anilines is 1. The van der Waals surface area contributed by atoms with E-state index in [0.717, 1.165) is 5.56 Å². The van der Waals surface area contributed by atoms with Crippen LogP contribution in [0.5, 0.6) is 0 Å². The highest BCUT2D eigenvalue weighted by atomic mass is 35.5. The maximum absolute atomic E-state index is 13.5. The highest BCUT2D eigenvalue weighted by Crippen LogP contribution is 2.46. The number of carbonyl (C=O) groups excluding carboxylic acids is 1. The molecule has 9 heteroatoms. The van der Waals surface area contributed by atoms with Gasteiger partial charge in [0.05, 0.1) is 11.3 Å². The van der Waals surface area contributed by atoms with Crippen LogP contribution in [0.2, 0.25) is 5.02 Å². The summed E-state index contributed by atoms with van der Waals surface area (Å²) >= 11 is 7.19. The van der Waals surface area contributed by atoms with E-state index in [2.05, 4.69) is 16.4 Å². The zero-order valence-corrected chi connectivity index (χ0v) is 19.5. The second-order valence-electron chi connectivity index (χ2n) is 7.62. The van der Waals surface area contributed by atoms with E-state index < -0.39 is 6.04 Å². The number of amidine groups is 1. The molecule has 2 aliphatic rings. The quantitative estimate of drug-likeness (QED) is 0.494. The van der Waals surface area contributed by atoms with Gasteiger partial charge in [0.2, 0.25) is 0 Å². The molecule has 0 spiro atoms. The van der Waals surface area contributed by atoms with E-state index in [1.807, 2.05) is 42.5 Å². The number of allylic oxidation sites excluding steroid dienone is 2. The molecule has 2 aromatic carbocycles. The predicted molar refractivity (Wildman–Crippen MR) is 133 cm³/mol. The van der Waals surface area contributed by atoms with Crippen LogP contribution >= 0.6 is 23.4 Å². The standard InChI is InChI=1S/C25H18ClN5O2S/c1-14-21(24(32)30-17-5-3-2-4-6-17)22(31-23(28)20(13-27)34-25(31)29-14)19-12-11-18(33-19)15-7-9-16(26)10-8-15/h2-12,22H,28H2,1H3,(H,30,32)/t22-/m0/s1. The molecule has 0 radical (unpaired) electrons. The number of halogens is 1. The van der Waals surface area contributed by atoms with Crippen LogP contribution in [0.25, 0.3) is 11.3 Å². The molecule has 0 unspecified atom stereocenters. The first-order valence-corrected chi connectivity index (χ1v) is 11.5. The van der Waals surface area contributed by atoms with E-state index in [1.165, 1.54) is 11.8 Å². The monoisotopic (exact) mass is 487 g/mol. The maximum atomic E-state index is 13.5. The van der Waals surface area contributed by atoms with Crippen LogP contribution in [0, 0.1) is 11.3 Å². The van der Waals surface area contributed by atoms with Gasteiger partial charge < -0.3 is 15.5 Å². The lowest BCUT2D eigenvalue weighted by atomic mass is 9.98. The molecule has 34 heavy (non-hydrogen) atoms. The minimum Gasteiger partial charge on any atom is -0.458 e. The van der Waals surface area contributed by atoms with Gasteiger partial charge in [-0.25, -0.2) is 4.99 Å². The molecule has 3 N–H and O–H groups in total. The molecule has 3 aromatic rings. The van der Waals surface area contributed by atoms with Gasteiger partial charge in [0.15, 0.2) is 5.17 Å². The van der Waals surface area contributed by atoms with Gasteiger partial charge in [0, 0.05) is 16.3 Å². The van der Waals surface area contributed by atoms with Crippen LogP contribution in [-0.4, -0.2) is 16.0 Å². The van der Waals surface area contributed by atoms with Crippen molar-refractivity contribution in [3.63, 3.8) is 0 Å².